The van der Waals surface area contributed by atoms with Crippen molar-refractivity contribution >= 4 is 15.9 Å². The van der Waals surface area contributed by atoms with Gasteiger partial charge in [0.15, 0.2) is 0 Å². The molecule has 3 rings (SSSR count). The molecule has 0 bridgehead atoms. The molecule has 8 heteroatoms. The van der Waals surface area contributed by atoms with E-state index in [1.54, 1.807) is 17.0 Å². The van der Waals surface area contributed by atoms with Crippen molar-refractivity contribution in [2.75, 3.05) is 13.1 Å². The van der Waals surface area contributed by atoms with Crippen LogP contribution in [-0.2, 0) is 16.6 Å². The van der Waals surface area contributed by atoms with Gasteiger partial charge in [-0.3, -0.25) is 4.79 Å². The molecule has 0 saturated carbocycles. The first-order chi connectivity index (χ1) is 14.8. The lowest BCUT2D eigenvalue weighted by atomic mass is 10.2. The first-order valence-electron chi connectivity index (χ1n) is 10.3. The Kier molecular flexibility index (Phi) is 6.92. The Morgan fingerprint density at radius 1 is 1.00 bits per heavy atom. The molecule has 0 aliphatic rings. The second kappa shape index (κ2) is 9.45. The average molecular weight is 441 g/mol. The van der Waals surface area contributed by atoms with Crippen molar-refractivity contribution in [2.24, 2.45) is 0 Å². The van der Waals surface area contributed by atoms with Crippen molar-refractivity contribution in [1.82, 2.24) is 19.4 Å². The van der Waals surface area contributed by atoms with Gasteiger partial charge in [0.1, 0.15) is 0 Å². The molecule has 3 aromatic rings. The highest BCUT2D eigenvalue weighted by atomic mass is 32.2. The van der Waals surface area contributed by atoms with Crippen molar-refractivity contribution < 1.29 is 13.2 Å². The Balaban J connectivity index is 1.76. The van der Waals surface area contributed by atoms with Crippen LogP contribution in [0.3, 0.4) is 0 Å². The van der Waals surface area contributed by atoms with E-state index in [-0.39, 0.29) is 17.3 Å². The lowest BCUT2D eigenvalue weighted by molar-refractivity contribution is 0.0773. The van der Waals surface area contributed by atoms with Gasteiger partial charge in [-0.15, -0.1) is 0 Å². The van der Waals surface area contributed by atoms with Gasteiger partial charge in [0.05, 0.1) is 16.3 Å². The summed E-state index contributed by atoms with van der Waals surface area (Å²) in [6.07, 6.45) is 0. The smallest absolute Gasteiger partial charge is 0.253 e. The maximum atomic E-state index is 12.8. The number of rotatable bonds is 8. The summed E-state index contributed by atoms with van der Waals surface area (Å²) in [6, 6.07) is 15.7. The molecule has 1 aromatic heterocycles. The normalized spacial score (nSPS) is 11.5. The van der Waals surface area contributed by atoms with Gasteiger partial charge in [0.25, 0.3) is 5.91 Å². The molecular formula is C23H28N4O3S. The van der Waals surface area contributed by atoms with Gasteiger partial charge in [-0.25, -0.2) is 17.8 Å². The van der Waals surface area contributed by atoms with Crippen molar-refractivity contribution in [3.63, 3.8) is 0 Å². The highest BCUT2D eigenvalue weighted by Crippen LogP contribution is 2.19. The number of hydrogen-bond donors (Lipinski definition) is 1. The average Bonchev–Trinajstić information content (AvgIpc) is 3.07. The molecule has 7 nitrogen and oxygen atoms in total. The summed E-state index contributed by atoms with van der Waals surface area (Å²) in [5, 5.41) is 4.56. The van der Waals surface area contributed by atoms with Crippen molar-refractivity contribution in [2.45, 2.75) is 39.1 Å². The fraction of sp³-hybridized carbons (Fsp3) is 0.304. The van der Waals surface area contributed by atoms with Crippen LogP contribution >= 0.6 is 0 Å². The van der Waals surface area contributed by atoms with Crippen molar-refractivity contribution in [3.05, 3.63) is 77.1 Å². The van der Waals surface area contributed by atoms with Gasteiger partial charge >= 0.3 is 0 Å². The van der Waals surface area contributed by atoms with E-state index in [4.69, 9.17) is 0 Å². The van der Waals surface area contributed by atoms with Crippen LogP contribution in [0.1, 0.15) is 41.2 Å². The maximum Gasteiger partial charge on any atom is 0.253 e. The molecule has 0 fully saturated rings. The van der Waals surface area contributed by atoms with E-state index in [0.29, 0.717) is 18.7 Å². The van der Waals surface area contributed by atoms with Crippen LogP contribution in [0.5, 0.6) is 0 Å². The Morgan fingerprint density at radius 2 is 1.61 bits per heavy atom. The molecule has 0 unspecified atom stereocenters. The molecule has 0 aliphatic carbocycles. The minimum atomic E-state index is -3.73. The number of benzene rings is 2. The lowest BCUT2D eigenvalue weighted by Crippen LogP contribution is -2.30. The molecule has 1 amide bonds. The van der Waals surface area contributed by atoms with Gasteiger partial charge in [0.2, 0.25) is 10.0 Å². The lowest BCUT2D eigenvalue weighted by Gasteiger charge is -2.18. The predicted molar refractivity (Wildman–Crippen MR) is 121 cm³/mol. The van der Waals surface area contributed by atoms with Crippen LogP contribution in [0, 0.1) is 13.8 Å². The summed E-state index contributed by atoms with van der Waals surface area (Å²) in [5.74, 6) is -0.110. The molecule has 0 aliphatic heterocycles. The first-order valence-corrected chi connectivity index (χ1v) is 11.8. The predicted octanol–water partition coefficient (Wildman–Crippen LogP) is 3.45. The van der Waals surface area contributed by atoms with Gasteiger partial charge in [-0.05, 0) is 64.1 Å². The van der Waals surface area contributed by atoms with E-state index >= 15 is 0 Å². The largest absolute Gasteiger partial charge is 0.339 e. The van der Waals surface area contributed by atoms with Gasteiger partial charge in [0, 0.05) is 36.5 Å². The number of carbonyl (C=O) groups is 1. The monoisotopic (exact) mass is 440 g/mol. The summed E-state index contributed by atoms with van der Waals surface area (Å²) in [4.78, 5) is 14.2. The van der Waals surface area contributed by atoms with Crippen LogP contribution < -0.4 is 4.72 Å². The van der Waals surface area contributed by atoms with Crippen molar-refractivity contribution in [3.8, 4) is 5.69 Å². The Hall–Kier alpha value is -2.97. The molecule has 0 saturated heterocycles. The molecule has 1 heterocycles. The van der Waals surface area contributed by atoms with E-state index < -0.39 is 10.0 Å². The number of para-hydroxylation sites is 1. The number of amides is 1. The summed E-state index contributed by atoms with van der Waals surface area (Å²) < 4.78 is 30.1. The van der Waals surface area contributed by atoms with E-state index in [1.165, 1.54) is 12.1 Å². The van der Waals surface area contributed by atoms with Crippen molar-refractivity contribution in [1.29, 1.82) is 0 Å². The zero-order valence-corrected chi connectivity index (χ0v) is 19.1. The van der Waals surface area contributed by atoms with Gasteiger partial charge < -0.3 is 4.90 Å². The van der Waals surface area contributed by atoms with Crippen LogP contribution in [0.15, 0.2) is 59.5 Å². The number of hydrogen-bond acceptors (Lipinski definition) is 4. The van der Waals surface area contributed by atoms with E-state index in [9.17, 15) is 13.2 Å². The fourth-order valence-electron chi connectivity index (χ4n) is 3.47. The number of sulfonamides is 1. The first kappa shape index (κ1) is 22.7. The van der Waals surface area contributed by atoms with E-state index in [0.717, 1.165) is 22.6 Å². The summed E-state index contributed by atoms with van der Waals surface area (Å²) in [5.41, 5.74) is 3.88. The summed E-state index contributed by atoms with van der Waals surface area (Å²) >= 11 is 0. The molecule has 164 valence electrons. The second-order valence-corrected chi connectivity index (χ2v) is 8.99. The SMILES string of the molecule is CCN(CC)C(=O)c1ccc(S(=O)(=O)NCc2c(C)nn(-c3ccccc3)c2C)cc1. The number of nitrogens with one attached hydrogen (secondary N) is 1. The minimum absolute atomic E-state index is 0.110. The van der Waals surface area contributed by atoms with Gasteiger partial charge in [-0.1, -0.05) is 18.2 Å². The van der Waals surface area contributed by atoms with Crippen LogP contribution in [0.25, 0.3) is 5.69 Å². The third kappa shape index (κ3) is 4.86. The Bertz CT molecular complexity index is 1150. The summed E-state index contributed by atoms with van der Waals surface area (Å²) in [7, 11) is -3.73. The standard InChI is InChI=1S/C23H28N4O3S/c1-5-26(6-2)23(28)19-12-14-21(15-13-19)31(29,30)24-16-22-17(3)25-27(18(22)4)20-10-8-7-9-11-20/h7-15,24H,5-6,16H2,1-4H3. The van der Waals surface area contributed by atoms with E-state index in [1.807, 2.05) is 62.7 Å². The van der Waals surface area contributed by atoms with E-state index in [2.05, 4.69) is 9.82 Å². The molecular weight excluding hydrogens is 412 g/mol. The highest BCUT2D eigenvalue weighted by Gasteiger charge is 2.19. The maximum absolute atomic E-state index is 12.8. The van der Waals surface area contributed by atoms with Gasteiger partial charge in [-0.2, -0.15) is 5.10 Å². The van der Waals surface area contributed by atoms with Crippen LogP contribution in [0.4, 0.5) is 0 Å². The molecule has 0 spiro atoms. The third-order valence-corrected chi connectivity index (χ3v) is 6.76. The van der Waals surface area contributed by atoms with Crippen LogP contribution in [-0.4, -0.2) is 42.1 Å². The summed E-state index contributed by atoms with van der Waals surface area (Å²) in [6.45, 7) is 8.95. The number of carbonyl (C=O) groups excluding carboxylic acids is 1. The Morgan fingerprint density at radius 3 is 2.19 bits per heavy atom. The topological polar surface area (TPSA) is 84.3 Å². The Labute approximate surface area is 183 Å². The minimum Gasteiger partial charge on any atom is -0.339 e. The molecule has 31 heavy (non-hydrogen) atoms. The second-order valence-electron chi connectivity index (χ2n) is 7.22. The van der Waals surface area contributed by atoms with Crippen LogP contribution in [0.2, 0.25) is 0 Å². The number of nitrogens with zero attached hydrogens (tertiary/aromatic N) is 3. The molecule has 0 radical (unpaired) electrons. The quantitative estimate of drug-likeness (QED) is 0.581. The molecule has 0 atom stereocenters. The highest BCUT2D eigenvalue weighted by molar-refractivity contribution is 7.89. The zero-order valence-electron chi connectivity index (χ0n) is 18.3. The fourth-order valence-corrected chi connectivity index (χ4v) is 4.47. The zero-order chi connectivity index (χ0) is 22.6. The number of aryl methyl sites for hydroxylation is 1. The third-order valence-electron chi connectivity index (χ3n) is 5.34. The number of aromatic nitrogens is 2. The molecule has 1 N–H and O–H groups in total. The molecule has 2 aromatic carbocycles.